The predicted molar refractivity (Wildman–Crippen MR) is 91.5 cm³/mol. The molecule has 0 spiro atoms. The molecule has 0 unspecified atom stereocenters. The van der Waals surface area contributed by atoms with Gasteiger partial charge in [-0.15, -0.1) is 0 Å². The number of piperidine rings is 1. The van der Waals surface area contributed by atoms with Gasteiger partial charge in [0.1, 0.15) is 5.69 Å². The van der Waals surface area contributed by atoms with Crippen LogP contribution in [-0.4, -0.2) is 56.8 Å². The predicted octanol–water partition coefficient (Wildman–Crippen LogP) is 1.68. The number of benzene rings is 1. The summed E-state index contributed by atoms with van der Waals surface area (Å²) in [6, 6.07) is 9.63. The van der Waals surface area contributed by atoms with E-state index in [0.717, 1.165) is 25.1 Å². The Morgan fingerprint density at radius 3 is 2.96 bits per heavy atom. The summed E-state index contributed by atoms with van der Waals surface area (Å²) in [5, 5.41) is 20.8. The molecule has 0 radical (unpaired) electrons. The number of rotatable bonds is 5. The van der Waals surface area contributed by atoms with Crippen molar-refractivity contribution < 1.29 is 14.6 Å². The van der Waals surface area contributed by atoms with Crippen molar-refractivity contribution in [2.45, 2.75) is 32.4 Å². The molecule has 0 aliphatic carbocycles. The quantitative estimate of drug-likeness (QED) is 0.857. The van der Waals surface area contributed by atoms with Crippen LogP contribution in [0.4, 0.5) is 4.79 Å². The SMILES string of the molecule is CCOC(=O)N[C@@H]1CCCN(Cc2c(O)nnn2-c2ccccc2)C1. The summed E-state index contributed by atoms with van der Waals surface area (Å²) in [4.78, 5) is 13.8. The minimum atomic E-state index is -0.381. The molecule has 0 saturated carbocycles. The second-order valence-corrected chi connectivity index (χ2v) is 6.05. The highest BCUT2D eigenvalue weighted by molar-refractivity contribution is 5.67. The van der Waals surface area contributed by atoms with Crippen LogP contribution in [0.1, 0.15) is 25.5 Å². The molecule has 1 aliphatic rings. The van der Waals surface area contributed by atoms with Crippen LogP contribution in [0.25, 0.3) is 5.69 Å². The fourth-order valence-electron chi connectivity index (χ4n) is 3.08. The van der Waals surface area contributed by atoms with E-state index in [1.54, 1.807) is 11.6 Å². The maximum absolute atomic E-state index is 11.6. The van der Waals surface area contributed by atoms with Crippen LogP contribution in [0.3, 0.4) is 0 Å². The highest BCUT2D eigenvalue weighted by Crippen LogP contribution is 2.21. The molecule has 2 heterocycles. The van der Waals surface area contributed by atoms with Crippen LogP contribution in [-0.2, 0) is 11.3 Å². The molecule has 0 bridgehead atoms. The molecule has 1 atom stereocenters. The number of aromatic hydroxyl groups is 1. The molecule has 8 heteroatoms. The van der Waals surface area contributed by atoms with E-state index >= 15 is 0 Å². The van der Waals surface area contributed by atoms with Crippen molar-refractivity contribution in [2.24, 2.45) is 0 Å². The van der Waals surface area contributed by atoms with Crippen molar-refractivity contribution >= 4 is 6.09 Å². The number of carbonyl (C=O) groups excluding carboxylic acids is 1. The van der Waals surface area contributed by atoms with Crippen LogP contribution in [0, 0.1) is 0 Å². The van der Waals surface area contributed by atoms with Gasteiger partial charge in [0.2, 0.25) is 0 Å². The van der Waals surface area contributed by atoms with E-state index in [4.69, 9.17) is 4.74 Å². The van der Waals surface area contributed by atoms with Gasteiger partial charge in [0.25, 0.3) is 5.88 Å². The van der Waals surface area contributed by atoms with Crippen molar-refractivity contribution in [1.82, 2.24) is 25.2 Å². The number of ether oxygens (including phenoxy) is 1. The largest absolute Gasteiger partial charge is 0.491 e. The van der Waals surface area contributed by atoms with Gasteiger partial charge in [-0.3, -0.25) is 4.90 Å². The number of nitrogens with one attached hydrogen (secondary N) is 1. The third kappa shape index (κ3) is 4.27. The number of alkyl carbamates (subject to hydrolysis) is 1. The maximum atomic E-state index is 11.6. The molecule has 25 heavy (non-hydrogen) atoms. The molecule has 1 saturated heterocycles. The Labute approximate surface area is 146 Å². The molecule has 2 N–H and O–H groups in total. The number of para-hydroxylation sites is 1. The first-order valence-electron chi connectivity index (χ1n) is 8.52. The molecule has 1 fully saturated rings. The Kier molecular flexibility index (Phi) is 5.49. The number of carbonyl (C=O) groups is 1. The number of amides is 1. The van der Waals surface area contributed by atoms with Gasteiger partial charge >= 0.3 is 6.09 Å². The normalized spacial score (nSPS) is 18.0. The topological polar surface area (TPSA) is 92.5 Å². The summed E-state index contributed by atoms with van der Waals surface area (Å²) in [6.07, 6.45) is 1.50. The highest BCUT2D eigenvalue weighted by Gasteiger charge is 2.24. The van der Waals surface area contributed by atoms with Crippen molar-refractivity contribution in [3.63, 3.8) is 0 Å². The number of aromatic nitrogens is 3. The Morgan fingerprint density at radius 1 is 1.40 bits per heavy atom. The second-order valence-electron chi connectivity index (χ2n) is 6.05. The van der Waals surface area contributed by atoms with E-state index in [-0.39, 0.29) is 18.0 Å². The first kappa shape index (κ1) is 17.2. The van der Waals surface area contributed by atoms with Gasteiger partial charge in [-0.2, -0.15) is 0 Å². The summed E-state index contributed by atoms with van der Waals surface area (Å²) < 4.78 is 6.60. The van der Waals surface area contributed by atoms with Crippen LogP contribution in [0.2, 0.25) is 0 Å². The average Bonchev–Trinajstić information content (AvgIpc) is 2.97. The zero-order chi connectivity index (χ0) is 17.6. The number of hydrogen-bond donors (Lipinski definition) is 2. The molecule has 8 nitrogen and oxygen atoms in total. The van der Waals surface area contributed by atoms with Crippen LogP contribution in [0.15, 0.2) is 30.3 Å². The minimum Gasteiger partial charge on any atom is -0.491 e. The molecular weight excluding hydrogens is 322 g/mol. The summed E-state index contributed by atoms with van der Waals surface area (Å²) in [5.74, 6) is -0.0654. The molecule has 1 aromatic heterocycles. The van der Waals surface area contributed by atoms with Crippen molar-refractivity contribution in [2.75, 3.05) is 19.7 Å². The van der Waals surface area contributed by atoms with E-state index in [1.807, 2.05) is 30.3 Å². The lowest BCUT2D eigenvalue weighted by Crippen LogP contribution is -2.47. The zero-order valence-corrected chi connectivity index (χ0v) is 14.3. The van der Waals surface area contributed by atoms with Gasteiger partial charge in [-0.25, -0.2) is 9.48 Å². The fourth-order valence-corrected chi connectivity index (χ4v) is 3.08. The van der Waals surface area contributed by atoms with Gasteiger partial charge < -0.3 is 15.2 Å². The van der Waals surface area contributed by atoms with Crippen LogP contribution < -0.4 is 5.32 Å². The monoisotopic (exact) mass is 345 g/mol. The smallest absolute Gasteiger partial charge is 0.407 e. The van der Waals surface area contributed by atoms with Crippen molar-refractivity contribution in [3.05, 3.63) is 36.0 Å². The standard InChI is InChI=1S/C17H23N5O3/c1-2-25-17(24)18-13-7-6-10-21(11-13)12-15-16(23)19-20-22(15)14-8-4-3-5-9-14/h3-5,8-9,13,23H,2,6-7,10-12H2,1H3,(H,18,24)/t13-/m1/s1. The maximum Gasteiger partial charge on any atom is 0.407 e. The second kappa shape index (κ2) is 7.98. The lowest BCUT2D eigenvalue weighted by molar-refractivity contribution is 0.131. The third-order valence-corrected chi connectivity index (χ3v) is 4.22. The molecular formula is C17H23N5O3. The van der Waals surface area contributed by atoms with Crippen LogP contribution in [0.5, 0.6) is 5.88 Å². The average molecular weight is 345 g/mol. The lowest BCUT2D eigenvalue weighted by Gasteiger charge is -2.32. The Bertz CT molecular complexity index is 704. The minimum absolute atomic E-state index is 0.0380. The Balaban J connectivity index is 1.68. The highest BCUT2D eigenvalue weighted by atomic mass is 16.5. The molecule has 3 rings (SSSR count). The fraction of sp³-hybridized carbons (Fsp3) is 0.471. The summed E-state index contributed by atoms with van der Waals surface area (Å²) in [6.45, 7) is 4.23. The van der Waals surface area contributed by atoms with Crippen molar-refractivity contribution in [1.29, 1.82) is 0 Å². The Hall–Kier alpha value is -2.61. The molecule has 1 aromatic carbocycles. The van der Waals surface area contributed by atoms with Gasteiger partial charge in [-0.1, -0.05) is 28.5 Å². The van der Waals surface area contributed by atoms with Crippen molar-refractivity contribution in [3.8, 4) is 11.6 Å². The number of nitrogens with zero attached hydrogens (tertiary/aromatic N) is 4. The molecule has 1 amide bonds. The number of likely N-dealkylation sites (tertiary alicyclic amines) is 1. The van der Waals surface area contributed by atoms with E-state index in [9.17, 15) is 9.90 Å². The molecule has 2 aromatic rings. The van der Waals surface area contributed by atoms with E-state index < -0.39 is 0 Å². The van der Waals surface area contributed by atoms with Crippen LogP contribution >= 0.6 is 0 Å². The first-order valence-corrected chi connectivity index (χ1v) is 8.52. The van der Waals surface area contributed by atoms with Gasteiger partial charge in [0.05, 0.1) is 12.3 Å². The van der Waals surface area contributed by atoms with Gasteiger partial charge in [-0.05, 0) is 38.4 Å². The molecule has 1 aliphatic heterocycles. The summed E-state index contributed by atoms with van der Waals surface area (Å²) in [7, 11) is 0. The summed E-state index contributed by atoms with van der Waals surface area (Å²) in [5.41, 5.74) is 1.49. The number of hydrogen-bond acceptors (Lipinski definition) is 6. The summed E-state index contributed by atoms with van der Waals surface area (Å²) >= 11 is 0. The lowest BCUT2D eigenvalue weighted by atomic mass is 10.1. The van der Waals surface area contributed by atoms with E-state index in [0.29, 0.717) is 25.4 Å². The van der Waals surface area contributed by atoms with Gasteiger partial charge in [0.15, 0.2) is 0 Å². The third-order valence-electron chi connectivity index (χ3n) is 4.22. The van der Waals surface area contributed by atoms with E-state index in [1.165, 1.54) is 0 Å². The molecule has 134 valence electrons. The Morgan fingerprint density at radius 2 is 2.20 bits per heavy atom. The van der Waals surface area contributed by atoms with E-state index in [2.05, 4.69) is 20.5 Å². The van der Waals surface area contributed by atoms with Gasteiger partial charge in [0, 0.05) is 19.1 Å². The zero-order valence-electron chi connectivity index (χ0n) is 14.3. The first-order chi connectivity index (χ1) is 12.2.